The van der Waals surface area contributed by atoms with Gasteiger partial charge in [-0.2, -0.15) is 0 Å². The predicted octanol–water partition coefficient (Wildman–Crippen LogP) is 8.87. The van der Waals surface area contributed by atoms with E-state index in [1.807, 2.05) is 42.6 Å². The molecule has 2 nitrogen and oxygen atoms in total. The molecule has 2 atom stereocenters. The van der Waals surface area contributed by atoms with Gasteiger partial charge in [0.25, 0.3) is 0 Å². The number of aromatic nitrogens is 1. The molecule has 0 saturated heterocycles. The van der Waals surface area contributed by atoms with E-state index < -0.39 is 5.60 Å². The highest BCUT2D eigenvalue weighted by Gasteiger charge is 2.34. The molecular formula is C33H31Cl2NO. The molecule has 4 heteroatoms. The molecule has 0 aliphatic heterocycles. The summed E-state index contributed by atoms with van der Waals surface area (Å²) in [6, 6.07) is 20.2. The van der Waals surface area contributed by atoms with E-state index in [1.54, 1.807) is 7.11 Å². The Morgan fingerprint density at radius 2 is 1.32 bits per heavy atom. The third-order valence-electron chi connectivity index (χ3n) is 7.81. The second kappa shape index (κ2) is 9.76. The molecule has 188 valence electrons. The summed E-state index contributed by atoms with van der Waals surface area (Å²) >= 11 is 12.2. The van der Waals surface area contributed by atoms with E-state index in [9.17, 15) is 0 Å². The number of rotatable bonds is 5. The lowest BCUT2D eigenvalue weighted by Crippen LogP contribution is -2.30. The number of pyridine rings is 1. The first-order valence-electron chi connectivity index (χ1n) is 12.5. The number of ether oxygens (including phenoxy) is 1. The van der Waals surface area contributed by atoms with Crippen LogP contribution in [0.25, 0.3) is 0 Å². The van der Waals surface area contributed by atoms with Gasteiger partial charge in [0.1, 0.15) is 5.60 Å². The maximum atomic E-state index is 6.10. The minimum atomic E-state index is -0.610. The van der Waals surface area contributed by atoms with Crippen molar-refractivity contribution >= 4 is 23.2 Å². The van der Waals surface area contributed by atoms with Crippen LogP contribution in [-0.2, 0) is 21.2 Å². The quantitative estimate of drug-likeness (QED) is 0.309. The van der Waals surface area contributed by atoms with Gasteiger partial charge in [-0.3, -0.25) is 4.98 Å². The van der Waals surface area contributed by atoms with Crippen molar-refractivity contribution in [3.8, 4) is 0 Å². The highest BCUT2D eigenvalue weighted by Crippen LogP contribution is 2.41. The molecule has 0 fully saturated rings. The lowest BCUT2D eigenvalue weighted by Gasteiger charge is -2.35. The van der Waals surface area contributed by atoms with Crippen molar-refractivity contribution in [3.63, 3.8) is 0 Å². The monoisotopic (exact) mass is 527 g/mol. The zero-order valence-corrected chi connectivity index (χ0v) is 23.1. The van der Waals surface area contributed by atoms with Crippen molar-refractivity contribution in [1.29, 1.82) is 0 Å². The molecule has 5 rings (SSSR count). The average molecular weight is 529 g/mol. The highest BCUT2D eigenvalue weighted by atomic mass is 35.5. The predicted molar refractivity (Wildman–Crippen MR) is 154 cm³/mol. The van der Waals surface area contributed by atoms with E-state index in [0.29, 0.717) is 5.02 Å². The van der Waals surface area contributed by atoms with Crippen LogP contribution < -0.4 is 0 Å². The zero-order valence-electron chi connectivity index (χ0n) is 21.6. The Morgan fingerprint density at radius 1 is 0.730 bits per heavy atom. The minimum Gasteiger partial charge on any atom is -0.365 e. The SMILES string of the molecule is COC1(c2ccc(Cl)cc2)C=CC(C)(c2ccc(C3(C)C=CC(c4ccc(Cl)cc4)C(C)=C3)nc2)C=C1. The Balaban J connectivity index is 1.37. The second-order valence-corrected chi connectivity index (χ2v) is 11.3. The molecule has 2 aromatic carbocycles. The number of hydrogen-bond donors (Lipinski definition) is 0. The van der Waals surface area contributed by atoms with Crippen molar-refractivity contribution in [2.45, 2.75) is 43.1 Å². The Labute approximate surface area is 230 Å². The van der Waals surface area contributed by atoms with E-state index in [0.717, 1.165) is 21.8 Å². The molecule has 1 heterocycles. The van der Waals surface area contributed by atoms with Gasteiger partial charge in [0, 0.05) is 40.1 Å². The zero-order chi connectivity index (χ0) is 26.3. The van der Waals surface area contributed by atoms with E-state index in [2.05, 4.69) is 87.6 Å². The topological polar surface area (TPSA) is 22.1 Å². The number of halogens is 2. The summed E-state index contributed by atoms with van der Waals surface area (Å²) in [6.45, 7) is 6.60. The normalized spacial score (nSPS) is 28.8. The molecule has 2 aliphatic carbocycles. The first-order chi connectivity index (χ1) is 17.7. The first kappa shape index (κ1) is 25.7. The molecule has 0 spiro atoms. The average Bonchev–Trinajstić information content (AvgIpc) is 2.91. The summed E-state index contributed by atoms with van der Waals surface area (Å²) in [5.41, 5.74) is 4.60. The summed E-state index contributed by atoms with van der Waals surface area (Å²) in [4.78, 5) is 4.94. The molecule has 0 N–H and O–H groups in total. The summed E-state index contributed by atoms with van der Waals surface area (Å²) < 4.78 is 5.95. The Bertz CT molecular complexity index is 1380. The summed E-state index contributed by atoms with van der Waals surface area (Å²) in [7, 11) is 1.73. The third kappa shape index (κ3) is 4.86. The van der Waals surface area contributed by atoms with Crippen molar-refractivity contribution in [2.24, 2.45) is 0 Å². The molecule has 0 saturated carbocycles. The summed E-state index contributed by atoms with van der Waals surface area (Å²) in [5, 5.41) is 1.47. The van der Waals surface area contributed by atoms with Crippen molar-refractivity contribution in [3.05, 3.63) is 147 Å². The molecule has 2 unspecified atom stereocenters. The fourth-order valence-electron chi connectivity index (χ4n) is 5.35. The summed E-state index contributed by atoms with van der Waals surface area (Å²) in [5.74, 6) is 0.253. The molecule has 0 bridgehead atoms. The van der Waals surface area contributed by atoms with E-state index in [1.165, 1.54) is 11.1 Å². The Kier molecular flexibility index (Phi) is 6.79. The van der Waals surface area contributed by atoms with Crippen LogP contribution in [0.2, 0.25) is 10.0 Å². The number of nitrogens with zero attached hydrogens (tertiary/aromatic N) is 1. The molecule has 3 aromatic rings. The Morgan fingerprint density at radius 3 is 1.86 bits per heavy atom. The van der Waals surface area contributed by atoms with E-state index >= 15 is 0 Å². The van der Waals surface area contributed by atoms with Crippen molar-refractivity contribution in [1.82, 2.24) is 4.98 Å². The van der Waals surface area contributed by atoms with Gasteiger partial charge >= 0.3 is 0 Å². The molecule has 1 aromatic heterocycles. The van der Waals surface area contributed by atoms with Crippen LogP contribution >= 0.6 is 23.2 Å². The van der Waals surface area contributed by atoms with Gasteiger partial charge in [0.15, 0.2) is 0 Å². The van der Waals surface area contributed by atoms with Crippen LogP contribution in [0.3, 0.4) is 0 Å². The van der Waals surface area contributed by atoms with Crippen molar-refractivity contribution < 1.29 is 4.74 Å². The fraction of sp³-hybridized carbons (Fsp3) is 0.242. The van der Waals surface area contributed by atoms with Crippen LogP contribution in [0, 0.1) is 0 Å². The maximum Gasteiger partial charge on any atom is 0.129 e. The maximum absolute atomic E-state index is 6.10. The molecule has 0 amide bonds. The Hall–Kier alpha value is -2.91. The smallest absolute Gasteiger partial charge is 0.129 e. The lowest BCUT2D eigenvalue weighted by molar-refractivity contribution is 0.0699. The van der Waals surface area contributed by atoms with Gasteiger partial charge in [-0.1, -0.05) is 89.5 Å². The van der Waals surface area contributed by atoms with Crippen LogP contribution in [0.4, 0.5) is 0 Å². The van der Waals surface area contributed by atoms with Gasteiger partial charge in [-0.05, 0) is 79.9 Å². The minimum absolute atomic E-state index is 0.253. The number of allylic oxidation sites excluding steroid dienone is 6. The van der Waals surface area contributed by atoms with Crippen LogP contribution in [0.1, 0.15) is 49.1 Å². The molecule has 2 aliphatic rings. The molecule has 37 heavy (non-hydrogen) atoms. The highest BCUT2D eigenvalue weighted by molar-refractivity contribution is 6.30. The van der Waals surface area contributed by atoms with Crippen LogP contribution in [0.5, 0.6) is 0 Å². The fourth-order valence-corrected chi connectivity index (χ4v) is 5.60. The third-order valence-corrected chi connectivity index (χ3v) is 8.31. The van der Waals surface area contributed by atoms with E-state index in [4.69, 9.17) is 32.9 Å². The number of hydrogen-bond acceptors (Lipinski definition) is 2. The molecular weight excluding hydrogens is 497 g/mol. The lowest BCUT2D eigenvalue weighted by atomic mass is 9.73. The first-order valence-corrected chi connectivity index (χ1v) is 13.3. The summed E-state index contributed by atoms with van der Waals surface area (Å²) in [6.07, 6.45) is 17.5. The number of methoxy groups -OCH3 is 1. The van der Waals surface area contributed by atoms with Gasteiger partial charge in [-0.15, -0.1) is 0 Å². The van der Waals surface area contributed by atoms with Gasteiger partial charge in [0.05, 0.1) is 5.69 Å². The van der Waals surface area contributed by atoms with Gasteiger partial charge < -0.3 is 4.74 Å². The standard InChI is InChI=1S/C33H31Cl2NO/c1-23-21-32(3,16-15-29(23)24-5-10-27(34)11-6-24)30-14-9-26(22-36-30)31(2)17-19-33(37-4,20-18-31)25-7-12-28(35)13-8-25/h5-22,29H,1-4H3. The number of benzene rings is 2. The second-order valence-electron chi connectivity index (χ2n) is 10.4. The van der Waals surface area contributed by atoms with E-state index in [-0.39, 0.29) is 16.7 Å². The van der Waals surface area contributed by atoms with Crippen LogP contribution in [-0.4, -0.2) is 12.1 Å². The van der Waals surface area contributed by atoms with Gasteiger partial charge in [0.2, 0.25) is 0 Å². The van der Waals surface area contributed by atoms with Crippen LogP contribution in [0.15, 0.2) is 115 Å². The molecule has 0 radical (unpaired) electrons. The largest absolute Gasteiger partial charge is 0.365 e. The van der Waals surface area contributed by atoms with Gasteiger partial charge in [-0.25, -0.2) is 0 Å². The van der Waals surface area contributed by atoms with Crippen molar-refractivity contribution in [2.75, 3.05) is 7.11 Å².